The molecule has 1 amide bonds. The Balaban J connectivity index is 1.34. The molecule has 11 atom stereocenters. The molecule has 0 aromatic carbocycles. The van der Waals surface area contributed by atoms with Gasteiger partial charge in [0.05, 0.1) is 18.3 Å². The molecule has 62 heavy (non-hydrogen) atoms. The molecule has 0 bridgehead atoms. The minimum atomic E-state index is -0.462. The monoisotopic (exact) mass is 870 g/mol. The van der Waals surface area contributed by atoms with Gasteiger partial charge in [-0.1, -0.05) is 61.8 Å². The molecule has 2 N–H and O–H groups in total. The van der Waals surface area contributed by atoms with Crippen molar-refractivity contribution in [1.82, 2.24) is 10.6 Å². The Morgan fingerprint density at radius 2 is 1.32 bits per heavy atom. The Bertz CT molecular complexity index is 1480. The molecule has 1 unspecified atom stereocenters. The molecule has 0 heterocycles. The highest BCUT2D eigenvalue weighted by molar-refractivity contribution is 5.67. The average molecular weight is 870 g/mol. The predicted octanol–water partition coefficient (Wildman–Crippen LogP) is 12.0. The number of nitrogens with zero attached hydrogens (tertiary/aromatic N) is 9. The van der Waals surface area contributed by atoms with Crippen LogP contribution in [0.2, 0.25) is 0 Å². The number of alkyl carbamates (subject to hydrolysis) is 1. The lowest BCUT2D eigenvalue weighted by Crippen LogP contribution is -2.63. The van der Waals surface area contributed by atoms with Gasteiger partial charge in [0, 0.05) is 66.1 Å². The fraction of sp³-hybridized carbons (Fsp3) is 0.978. The van der Waals surface area contributed by atoms with E-state index < -0.39 is 5.60 Å². The number of ether oxygens (including phenoxy) is 4. The van der Waals surface area contributed by atoms with Gasteiger partial charge in [0.2, 0.25) is 0 Å². The van der Waals surface area contributed by atoms with Crippen molar-refractivity contribution in [2.75, 3.05) is 59.1 Å². The van der Waals surface area contributed by atoms with E-state index in [0.717, 1.165) is 83.7 Å². The van der Waals surface area contributed by atoms with Crippen LogP contribution < -0.4 is 10.6 Å². The smallest absolute Gasteiger partial charge is 0.407 e. The summed E-state index contributed by atoms with van der Waals surface area (Å²) in [6, 6.07) is 0. The van der Waals surface area contributed by atoms with Gasteiger partial charge in [0.1, 0.15) is 5.60 Å². The van der Waals surface area contributed by atoms with Crippen molar-refractivity contribution < 1.29 is 23.7 Å². The lowest BCUT2D eigenvalue weighted by atomic mass is 9.43. The van der Waals surface area contributed by atoms with E-state index in [1.807, 2.05) is 20.8 Å². The Morgan fingerprint density at radius 1 is 0.726 bits per heavy atom. The largest absolute Gasteiger partial charge is 0.444 e. The van der Waals surface area contributed by atoms with E-state index in [9.17, 15) is 4.79 Å². The number of carbonyl (C=O) groups is 1. The van der Waals surface area contributed by atoms with E-state index in [-0.39, 0.29) is 35.2 Å². The molecule has 4 rings (SSSR count). The van der Waals surface area contributed by atoms with Gasteiger partial charge in [-0.25, -0.2) is 4.79 Å². The first-order valence-corrected chi connectivity index (χ1v) is 24.4. The molecule has 0 spiro atoms. The molecule has 16 nitrogen and oxygen atoms in total. The third kappa shape index (κ3) is 15.3. The van der Waals surface area contributed by atoms with E-state index in [4.69, 9.17) is 35.5 Å². The summed E-state index contributed by atoms with van der Waals surface area (Å²) < 4.78 is 25.7. The van der Waals surface area contributed by atoms with Crippen molar-refractivity contribution in [3.05, 3.63) is 31.3 Å². The fourth-order valence-electron chi connectivity index (χ4n) is 12.3. The fourth-order valence-corrected chi connectivity index (χ4v) is 12.3. The number of nitrogens with one attached hydrogen (secondary N) is 2. The highest BCUT2D eigenvalue weighted by Crippen LogP contribution is 2.69. The van der Waals surface area contributed by atoms with E-state index in [1.165, 1.54) is 44.9 Å². The first-order chi connectivity index (χ1) is 29.9. The van der Waals surface area contributed by atoms with Crippen molar-refractivity contribution in [3.63, 3.8) is 0 Å². The third-order valence-corrected chi connectivity index (χ3v) is 15.3. The molecular formula is C46H83N11O5. The number of fused-ring (bicyclic) bond motifs is 5. The number of amides is 1. The van der Waals surface area contributed by atoms with Crippen LogP contribution in [0, 0.1) is 46.3 Å². The van der Waals surface area contributed by atoms with Gasteiger partial charge in [-0.2, -0.15) is 0 Å². The summed E-state index contributed by atoms with van der Waals surface area (Å²) in [5, 5.41) is 17.9. The van der Waals surface area contributed by atoms with Gasteiger partial charge >= 0.3 is 6.09 Å². The second-order valence-electron chi connectivity index (χ2n) is 20.4. The van der Waals surface area contributed by atoms with Crippen molar-refractivity contribution >= 4 is 6.09 Å². The minimum absolute atomic E-state index is 0.0143. The van der Waals surface area contributed by atoms with Crippen LogP contribution >= 0.6 is 0 Å². The Hall–Kier alpha value is -2.96. The second kappa shape index (κ2) is 26.7. The number of hydrogen-bond acceptors (Lipinski definition) is 9. The summed E-state index contributed by atoms with van der Waals surface area (Å²) >= 11 is 0. The zero-order chi connectivity index (χ0) is 44.9. The second-order valence-corrected chi connectivity index (χ2v) is 20.4. The van der Waals surface area contributed by atoms with E-state index in [2.05, 4.69) is 61.5 Å². The van der Waals surface area contributed by atoms with E-state index in [0.29, 0.717) is 81.5 Å². The van der Waals surface area contributed by atoms with Crippen molar-refractivity contribution in [1.29, 1.82) is 0 Å². The maximum Gasteiger partial charge on any atom is 0.407 e. The molecule has 0 radical (unpaired) electrons. The Morgan fingerprint density at radius 3 is 1.97 bits per heavy atom. The van der Waals surface area contributed by atoms with Crippen LogP contribution in [-0.4, -0.2) is 89.1 Å². The molecule has 0 aromatic heterocycles. The lowest BCUT2D eigenvalue weighted by molar-refractivity contribution is -0.227. The topological polar surface area (TPSA) is 224 Å². The minimum Gasteiger partial charge on any atom is -0.444 e. The Labute approximate surface area is 372 Å². The van der Waals surface area contributed by atoms with Crippen LogP contribution in [0.1, 0.15) is 157 Å². The summed E-state index contributed by atoms with van der Waals surface area (Å²) in [7, 11) is 0. The highest BCUT2D eigenvalue weighted by atomic mass is 16.6. The van der Waals surface area contributed by atoms with Crippen LogP contribution in [0.15, 0.2) is 15.3 Å². The Kier molecular flexibility index (Phi) is 22.3. The molecule has 4 aliphatic carbocycles. The normalized spacial score (nSPS) is 30.7. The molecule has 0 saturated heterocycles. The lowest BCUT2D eigenvalue weighted by Gasteiger charge is -2.65. The summed E-state index contributed by atoms with van der Waals surface area (Å²) in [4.78, 5) is 20.7. The molecule has 4 saturated carbocycles. The predicted molar refractivity (Wildman–Crippen MR) is 244 cm³/mol. The van der Waals surface area contributed by atoms with Gasteiger partial charge in [0.25, 0.3) is 0 Å². The molecule has 4 aliphatic rings. The van der Waals surface area contributed by atoms with Gasteiger partial charge in [0.15, 0.2) is 0 Å². The van der Waals surface area contributed by atoms with Crippen molar-refractivity contribution in [2.24, 2.45) is 61.7 Å². The first kappa shape index (κ1) is 51.7. The zero-order valence-electron chi connectivity index (χ0n) is 39.4. The van der Waals surface area contributed by atoms with Crippen molar-refractivity contribution in [3.8, 4) is 0 Å². The molecule has 0 aromatic rings. The molecule has 4 fully saturated rings. The first-order valence-electron chi connectivity index (χ1n) is 24.4. The van der Waals surface area contributed by atoms with Crippen LogP contribution in [0.25, 0.3) is 31.3 Å². The highest BCUT2D eigenvalue weighted by Gasteiger charge is 2.66. The van der Waals surface area contributed by atoms with Gasteiger partial charge in [-0.05, 0) is 181 Å². The quantitative estimate of drug-likeness (QED) is 0.0321. The van der Waals surface area contributed by atoms with Crippen LogP contribution in [-0.2, 0) is 18.9 Å². The van der Waals surface area contributed by atoms with Crippen LogP contribution in [0.3, 0.4) is 0 Å². The number of unbranched alkanes of at least 4 members (excludes halogenated alkanes) is 5. The van der Waals surface area contributed by atoms with E-state index in [1.54, 1.807) is 0 Å². The summed E-state index contributed by atoms with van der Waals surface area (Å²) in [5.74, 6) is 3.00. The number of azide groups is 3. The van der Waals surface area contributed by atoms with E-state index >= 15 is 0 Å². The van der Waals surface area contributed by atoms with Gasteiger partial charge < -0.3 is 29.6 Å². The molecule has 0 aliphatic heterocycles. The summed E-state index contributed by atoms with van der Waals surface area (Å²) in [5.41, 5.74) is 26.2. The van der Waals surface area contributed by atoms with Gasteiger partial charge in [-0.3, -0.25) is 0 Å². The number of rotatable bonds is 29. The number of carbonyl (C=O) groups excluding carboxylic acids is 1. The third-order valence-electron chi connectivity index (χ3n) is 15.3. The molecular weight excluding hydrogens is 787 g/mol. The van der Waals surface area contributed by atoms with Gasteiger partial charge in [-0.15, -0.1) is 0 Å². The maximum absolute atomic E-state index is 11.8. The summed E-state index contributed by atoms with van der Waals surface area (Å²) in [6.07, 6.45) is 19.3. The maximum atomic E-state index is 11.8. The van der Waals surface area contributed by atoms with Crippen LogP contribution in [0.4, 0.5) is 4.79 Å². The zero-order valence-corrected chi connectivity index (χ0v) is 39.4. The SMILES string of the molecule is C[C@H](CCCNCCCCCCCCNC(=O)OC(C)(C)C)C1CC[C@H]2[C@@H]3[C@H](OCCCN=[N+]=[N-])C[C@@H]4C[C@H](OCCCN=[N+]=[N-])CC[C@]4(C)[C@H]3C[C@H](OCCCN=[N+]=[N-])[C@]12C. The van der Waals surface area contributed by atoms with Crippen LogP contribution in [0.5, 0.6) is 0 Å². The molecule has 16 heteroatoms. The van der Waals surface area contributed by atoms with Crippen molar-refractivity contribution in [2.45, 2.75) is 181 Å². The number of hydrogen-bond donors (Lipinski definition) is 2. The standard InChI is InChI=1S/C46H83N11O5/c1-34(17-13-23-50-22-11-9-7-8-10-12-24-51-43(58)62-44(2,3)4)37-18-19-38-42-39(33-41(46(37,38)6)61-30-16-27-54-57-49)45(5)21-20-36(59-28-14-25-52-55-47)31-35(45)32-40(42)60-29-15-26-53-56-48/h34-42,50H,7-33H2,1-6H3,(H,51,58)/t34-,35+,36-,37?,38+,39+,40-,41+,42+,45+,46-/m1/s1. The average Bonchev–Trinajstić information content (AvgIpc) is 3.59. The summed E-state index contributed by atoms with van der Waals surface area (Å²) in [6.45, 7) is 19.2. The molecule has 352 valence electrons.